The molecular formula is C8H11NO. The van der Waals surface area contributed by atoms with Crippen LogP contribution in [0.25, 0.3) is 0 Å². The summed E-state index contributed by atoms with van der Waals surface area (Å²) >= 11 is 0. The Morgan fingerprint density at radius 1 is 1.50 bits per heavy atom. The third kappa shape index (κ3) is 1.32. The molecule has 1 aliphatic heterocycles. The van der Waals surface area contributed by atoms with Gasteiger partial charge in [0.25, 0.3) is 0 Å². The number of allylic oxidation sites excluding steroid dienone is 2. The molecule has 1 amide bonds. The molecule has 0 aromatic heterocycles. The van der Waals surface area contributed by atoms with Crippen molar-refractivity contribution in [3.63, 3.8) is 0 Å². The second-order valence-corrected chi connectivity index (χ2v) is 2.40. The Hall–Kier alpha value is -0.920. The summed E-state index contributed by atoms with van der Waals surface area (Å²) in [5.41, 5.74) is 2.10. The van der Waals surface area contributed by atoms with Crippen molar-refractivity contribution in [1.29, 1.82) is 0 Å². The summed E-state index contributed by atoms with van der Waals surface area (Å²) in [4.78, 5) is 14.6. The van der Waals surface area contributed by atoms with E-state index in [9.17, 15) is 4.79 Å². The van der Waals surface area contributed by atoms with Crippen LogP contribution in [0.2, 0.25) is 0 Å². The smallest absolute Gasteiger partial charge is 0.246 e. The largest absolute Gasteiger partial charge is 0.273 e. The van der Waals surface area contributed by atoms with E-state index in [2.05, 4.69) is 4.99 Å². The van der Waals surface area contributed by atoms with E-state index in [4.69, 9.17) is 0 Å². The van der Waals surface area contributed by atoms with Gasteiger partial charge in [0.05, 0.1) is 0 Å². The van der Waals surface area contributed by atoms with Crippen molar-refractivity contribution in [1.82, 2.24) is 0 Å². The van der Waals surface area contributed by atoms with Crippen molar-refractivity contribution < 1.29 is 4.79 Å². The summed E-state index contributed by atoms with van der Waals surface area (Å²) in [6, 6.07) is 0. The van der Waals surface area contributed by atoms with Crippen LogP contribution in [-0.4, -0.2) is 11.6 Å². The lowest BCUT2D eigenvalue weighted by Gasteiger charge is -2.09. The van der Waals surface area contributed by atoms with Gasteiger partial charge >= 0.3 is 0 Å². The monoisotopic (exact) mass is 137 g/mol. The highest BCUT2D eigenvalue weighted by molar-refractivity contribution is 6.07. The lowest BCUT2D eigenvalue weighted by Crippen LogP contribution is -2.10. The highest BCUT2D eigenvalue weighted by Crippen LogP contribution is 2.13. The molecule has 0 spiro atoms. The minimum absolute atomic E-state index is 0.0168. The van der Waals surface area contributed by atoms with Crippen LogP contribution in [0.3, 0.4) is 0 Å². The first-order valence-electron chi connectivity index (χ1n) is 3.47. The average molecular weight is 137 g/mol. The minimum Gasteiger partial charge on any atom is -0.273 e. The molecule has 0 atom stereocenters. The summed E-state index contributed by atoms with van der Waals surface area (Å²) in [5.74, 6) is 0.0168. The molecule has 0 aromatic carbocycles. The summed E-state index contributed by atoms with van der Waals surface area (Å²) in [6.45, 7) is 3.86. The molecule has 0 aromatic rings. The number of amides is 1. The molecule has 2 heteroatoms. The number of hydrogen-bond donors (Lipinski definition) is 0. The van der Waals surface area contributed by atoms with Crippen LogP contribution in [-0.2, 0) is 4.79 Å². The quantitative estimate of drug-likeness (QED) is 0.499. The number of rotatable bonds is 0. The molecular weight excluding hydrogens is 126 g/mol. The van der Waals surface area contributed by atoms with Gasteiger partial charge in [-0.25, -0.2) is 4.99 Å². The maximum Gasteiger partial charge on any atom is 0.246 e. The van der Waals surface area contributed by atoms with Crippen molar-refractivity contribution in [2.24, 2.45) is 4.99 Å². The Morgan fingerprint density at radius 3 is 2.70 bits per heavy atom. The second-order valence-electron chi connectivity index (χ2n) is 2.40. The molecule has 0 radical (unpaired) electrons. The van der Waals surface area contributed by atoms with Crippen LogP contribution < -0.4 is 0 Å². The first-order valence-corrected chi connectivity index (χ1v) is 3.47. The highest BCUT2D eigenvalue weighted by Gasteiger charge is 2.11. The van der Waals surface area contributed by atoms with Crippen molar-refractivity contribution in [3.8, 4) is 0 Å². The van der Waals surface area contributed by atoms with Crippen molar-refractivity contribution in [3.05, 3.63) is 11.6 Å². The maximum atomic E-state index is 10.7. The van der Waals surface area contributed by atoms with E-state index in [1.165, 1.54) is 5.57 Å². The molecule has 1 heterocycles. The number of carbonyl (C=O) groups is 1. The molecule has 0 N–H and O–H groups in total. The predicted molar refractivity (Wildman–Crippen MR) is 41.1 cm³/mol. The molecule has 0 bridgehead atoms. The van der Waals surface area contributed by atoms with E-state index < -0.39 is 0 Å². The molecule has 2 nitrogen and oxygen atoms in total. The van der Waals surface area contributed by atoms with Gasteiger partial charge in [0.15, 0.2) is 0 Å². The Kier molecular flexibility index (Phi) is 2.00. The van der Waals surface area contributed by atoms with Gasteiger partial charge in [-0.05, 0) is 25.8 Å². The van der Waals surface area contributed by atoms with Crippen LogP contribution in [0.4, 0.5) is 0 Å². The van der Waals surface area contributed by atoms with E-state index in [1.807, 2.05) is 19.9 Å². The Labute approximate surface area is 60.7 Å². The predicted octanol–water partition coefficient (Wildman–Crippen LogP) is 1.71. The minimum atomic E-state index is 0.0168. The Morgan fingerprint density at radius 2 is 2.20 bits per heavy atom. The highest BCUT2D eigenvalue weighted by atomic mass is 16.1. The fourth-order valence-corrected chi connectivity index (χ4v) is 1.09. The zero-order valence-electron chi connectivity index (χ0n) is 6.35. The van der Waals surface area contributed by atoms with Gasteiger partial charge in [-0.15, -0.1) is 0 Å². The maximum absolute atomic E-state index is 10.7. The van der Waals surface area contributed by atoms with E-state index in [-0.39, 0.29) is 5.91 Å². The van der Waals surface area contributed by atoms with Gasteiger partial charge in [0.2, 0.25) is 5.91 Å². The fourth-order valence-electron chi connectivity index (χ4n) is 1.09. The topological polar surface area (TPSA) is 29.4 Å². The molecule has 0 saturated carbocycles. The summed E-state index contributed by atoms with van der Waals surface area (Å²) < 4.78 is 0. The number of nitrogens with zero attached hydrogens (tertiary/aromatic N) is 1. The molecule has 0 fully saturated rings. The third-order valence-corrected chi connectivity index (χ3v) is 1.71. The number of aliphatic imine (C=N–C) groups is 1. The zero-order chi connectivity index (χ0) is 7.56. The normalized spacial score (nSPS) is 23.2. The number of hydrogen-bond acceptors (Lipinski definition) is 1. The molecule has 0 aliphatic carbocycles. The molecule has 1 aliphatic rings. The van der Waals surface area contributed by atoms with Gasteiger partial charge in [-0.1, -0.05) is 6.08 Å². The molecule has 54 valence electrons. The number of carbonyl (C=O) groups excluding carboxylic acids is 1. The SMILES string of the molecule is C/C=C1/CCC(=O)N=C1C. The fraction of sp³-hybridized carbons (Fsp3) is 0.500. The zero-order valence-corrected chi connectivity index (χ0v) is 6.35. The van der Waals surface area contributed by atoms with Crippen LogP contribution in [0, 0.1) is 0 Å². The van der Waals surface area contributed by atoms with Gasteiger partial charge in [-0.2, -0.15) is 0 Å². The van der Waals surface area contributed by atoms with Crippen molar-refractivity contribution >= 4 is 11.6 Å². The van der Waals surface area contributed by atoms with Crippen LogP contribution in [0.5, 0.6) is 0 Å². The average Bonchev–Trinajstić information content (AvgIpc) is 1.88. The lowest BCUT2D eigenvalue weighted by atomic mass is 10.0. The summed E-state index contributed by atoms with van der Waals surface area (Å²) in [5, 5.41) is 0. The molecule has 0 unspecified atom stereocenters. The van der Waals surface area contributed by atoms with Crippen molar-refractivity contribution in [2.75, 3.05) is 0 Å². The van der Waals surface area contributed by atoms with Crippen molar-refractivity contribution in [2.45, 2.75) is 26.7 Å². The first-order chi connectivity index (χ1) is 4.74. The lowest BCUT2D eigenvalue weighted by molar-refractivity contribution is -0.117. The standard InChI is InChI=1S/C8H11NO/c1-3-7-4-5-8(10)9-6(7)2/h3H,4-5H2,1-2H3/b7-3-. The summed E-state index contributed by atoms with van der Waals surface area (Å²) in [7, 11) is 0. The Bertz CT molecular complexity index is 213. The van der Waals surface area contributed by atoms with Crippen LogP contribution in [0.1, 0.15) is 26.7 Å². The van der Waals surface area contributed by atoms with E-state index in [0.29, 0.717) is 6.42 Å². The Balaban J connectivity index is 2.87. The molecule has 10 heavy (non-hydrogen) atoms. The summed E-state index contributed by atoms with van der Waals surface area (Å²) in [6.07, 6.45) is 3.47. The first kappa shape index (κ1) is 7.19. The van der Waals surface area contributed by atoms with E-state index in [1.54, 1.807) is 0 Å². The van der Waals surface area contributed by atoms with E-state index >= 15 is 0 Å². The van der Waals surface area contributed by atoms with Gasteiger partial charge in [0, 0.05) is 12.1 Å². The van der Waals surface area contributed by atoms with Crippen LogP contribution in [0.15, 0.2) is 16.6 Å². The van der Waals surface area contributed by atoms with Gasteiger partial charge < -0.3 is 0 Å². The molecule has 1 rings (SSSR count). The van der Waals surface area contributed by atoms with E-state index in [0.717, 1.165) is 12.1 Å². The molecule has 0 saturated heterocycles. The van der Waals surface area contributed by atoms with Gasteiger partial charge in [-0.3, -0.25) is 4.79 Å². The van der Waals surface area contributed by atoms with Gasteiger partial charge in [0.1, 0.15) is 0 Å². The third-order valence-electron chi connectivity index (χ3n) is 1.71. The van der Waals surface area contributed by atoms with Crippen LogP contribution >= 0.6 is 0 Å². The second kappa shape index (κ2) is 2.78.